The summed E-state index contributed by atoms with van der Waals surface area (Å²) in [5.41, 5.74) is 0.0845. The largest absolute Gasteiger partial charge is 0.491 e. The van der Waals surface area contributed by atoms with E-state index in [-0.39, 0.29) is 5.69 Å². The van der Waals surface area contributed by atoms with Crippen LogP contribution in [0.1, 0.15) is 0 Å². The van der Waals surface area contributed by atoms with E-state index in [1.165, 1.54) is 12.1 Å². The van der Waals surface area contributed by atoms with Gasteiger partial charge in [-0.1, -0.05) is 0 Å². The van der Waals surface area contributed by atoms with Gasteiger partial charge in [0.15, 0.2) is 0 Å². The molecule has 1 aliphatic heterocycles. The van der Waals surface area contributed by atoms with E-state index in [0.717, 1.165) is 10.6 Å². The maximum atomic E-state index is 10.4. The summed E-state index contributed by atoms with van der Waals surface area (Å²) in [7, 11) is 0. The van der Waals surface area contributed by atoms with E-state index in [9.17, 15) is 10.1 Å². The van der Waals surface area contributed by atoms with Crippen molar-refractivity contribution in [1.29, 1.82) is 0 Å². The van der Waals surface area contributed by atoms with Gasteiger partial charge in [-0.05, 0) is 6.07 Å². The summed E-state index contributed by atoms with van der Waals surface area (Å²) in [5, 5.41) is 10.4. The molecule has 5 heteroatoms. The Balaban J connectivity index is 2.40. The first kappa shape index (κ1) is 8.37. The summed E-state index contributed by atoms with van der Waals surface area (Å²) in [5.74, 6) is 1.54. The van der Waals surface area contributed by atoms with Gasteiger partial charge in [-0.15, -0.1) is 11.8 Å². The average molecular weight is 197 g/mol. The molecule has 0 saturated carbocycles. The molecule has 0 fully saturated rings. The van der Waals surface area contributed by atoms with Crippen LogP contribution in [0.3, 0.4) is 0 Å². The minimum absolute atomic E-state index is 0.0845. The van der Waals surface area contributed by atoms with Crippen LogP contribution in [0, 0.1) is 10.1 Å². The van der Waals surface area contributed by atoms with E-state index < -0.39 is 4.92 Å². The van der Waals surface area contributed by atoms with Crippen molar-refractivity contribution in [2.75, 3.05) is 12.4 Å². The Hall–Kier alpha value is -1.23. The highest BCUT2D eigenvalue weighted by molar-refractivity contribution is 7.99. The van der Waals surface area contributed by atoms with Crippen LogP contribution in [-0.4, -0.2) is 17.3 Å². The second-order valence-corrected chi connectivity index (χ2v) is 3.72. The van der Waals surface area contributed by atoms with Gasteiger partial charge in [0.25, 0.3) is 5.69 Å². The number of nitro groups is 1. The van der Waals surface area contributed by atoms with E-state index in [2.05, 4.69) is 0 Å². The summed E-state index contributed by atoms with van der Waals surface area (Å²) >= 11 is 1.66. The average Bonchev–Trinajstić information content (AvgIpc) is 2.17. The summed E-state index contributed by atoms with van der Waals surface area (Å²) < 4.78 is 5.29. The molecule has 0 N–H and O–H groups in total. The second-order valence-electron chi connectivity index (χ2n) is 2.59. The maximum Gasteiger partial charge on any atom is 0.273 e. The van der Waals surface area contributed by atoms with Gasteiger partial charge < -0.3 is 4.74 Å². The Kier molecular flexibility index (Phi) is 2.10. The summed E-state index contributed by atoms with van der Waals surface area (Å²) in [4.78, 5) is 11.0. The first-order chi connectivity index (χ1) is 6.27. The van der Waals surface area contributed by atoms with Gasteiger partial charge in [0, 0.05) is 16.7 Å². The topological polar surface area (TPSA) is 52.4 Å². The number of fused-ring (bicyclic) bond motifs is 1. The fourth-order valence-corrected chi connectivity index (χ4v) is 1.96. The summed E-state index contributed by atoms with van der Waals surface area (Å²) in [6, 6.07) is 4.71. The number of rotatable bonds is 1. The van der Waals surface area contributed by atoms with Crippen LogP contribution in [0.2, 0.25) is 0 Å². The van der Waals surface area contributed by atoms with Crippen LogP contribution < -0.4 is 4.74 Å². The fraction of sp³-hybridized carbons (Fsp3) is 0.250. The number of benzene rings is 1. The first-order valence-electron chi connectivity index (χ1n) is 3.81. The van der Waals surface area contributed by atoms with Crippen LogP contribution in [-0.2, 0) is 0 Å². The molecule has 0 unspecified atom stereocenters. The van der Waals surface area contributed by atoms with Crippen LogP contribution in [0.5, 0.6) is 5.75 Å². The van der Waals surface area contributed by atoms with Gasteiger partial charge in [0.05, 0.1) is 17.6 Å². The SMILES string of the molecule is O=[N+]([O-])c1ccc2c(c1)OCCS2. The molecule has 68 valence electrons. The predicted octanol–water partition coefficient (Wildman–Crippen LogP) is 2.08. The first-order valence-corrected chi connectivity index (χ1v) is 4.80. The molecule has 1 aliphatic rings. The quantitative estimate of drug-likeness (QED) is 0.511. The van der Waals surface area contributed by atoms with Crippen LogP contribution in [0.4, 0.5) is 5.69 Å². The van der Waals surface area contributed by atoms with E-state index in [4.69, 9.17) is 4.74 Å². The van der Waals surface area contributed by atoms with Crippen LogP contribution in [0.15, 0.2) is 23.1 Å². The smallest absolute Gasteiger partial charge is 0.273 e. The summed E-state index contributed by atoms with van der Waals surface area (Å²) in [6.07, 6.45) is 0. The lowest BCUT2D eigenvalue weighted by Gasteiger charge is -2.15. The Bertz CT molecular complexity index is 353. The van der Waals surface area contributed by atoms with Gasteiger partial charge in [-0.2, -0.15) is 0 Å². The van der Waals surface area contributed by atoms with Gasteiger partial charge in [0.1, 0.15) is 5.75 Å². The van der Waals surface area contributed by atoms with Gasteiger partial charge in [0.2, 0.25) is 0 Å². The molecule has 0 atom stereocenters. The van der Waals surface area contributed by atoms with E-state index in [1.54, 1.807) is 17.8 Å². The number of nitrogens with zero attached hydrogens (tertiary/aromatic N) is 1. The Morgan fingerprint density at radius 1 is 1.54 bits per heavy atom. The van der Waals surface area contributed by atoms with E-state index in [0.29, 0.717) is 12.4 Å². The van der Waals surface area contributed by atoms with E-state index >= 15 is 0 Å². The molecule has 1 aromatic rings. The second kappa shape index (κ2) is 3.26. The molecule has 0 aromatic heterocycles. The molecule has 0 saturated heterocycles. The van der Waals surface area contributed by atoms with Crippen molar-refractivity contribution in [3.8, 4) is 5.75 Å². The molecular weight excluding hydrogens is 190 g/mol. The maximum absolute atomic E-state index is 10.4. The van der Waals surface area contributed by atoms with Crippen molar-refractivity contribution < 1.29 is 9.66 Å². The van der Waals surface area contributed by atoms with Crippen molar-refractivity contribution >= 4 is 17.4 Å². The Labute approximate surface area is 79.0 Å². The third-order valence-corrected chi connectivity index (χ3v) is 2.76. The van der Waals surface area contributed by atoms with Crippen molar-refractivity contribution in [3.05, 3.63) is 28.3 Å². The molecule has 1 aromatic carbocycles. The number of thioether (sulfide) groups is 1. The number of non-ortho nitro benzene ring substituents is 1. The number of hydrogen-bond donors (Lipinski definition) is 0. The number of hydrogen-bond acceptors (Lipinski definition) is 4. The summed E-state index contributed by atoms with van der Waals surface area (Å²) in [6.45, 7) is 0.624. The van der Waals surface area contributed by atoms with Crippen molar-refractivity contribution in [2.45, 2.75) is 4.90 Å². The lowest BCUT2D eigenvalue weighted by Crippen LogP contribution is -2.06. The predicted molar refractivity (Wildman–Crippen MR) is 49.3 cm³/mol. The molecule has 1 heterocycles. The molecule has 2 rings (SSSR count). The molecule has 0 aliphatic carbocycles. The lowest BCUT2D eigenvalue weighted by molar-refractivity contribution is -0.385. The molecule has 0 amide bonds. The van der Waals surface area contributed by atoms with Crippen molar-refractivity contribution in [1.82, 2.24) is 0 Å². The van der Waals surface area contributed by atoms with E-state index in [1.807, 2.05) is 0 Å². The normalized spacial score (nSPS) is 14.5. The highest BCUT2D eigenvalue weighted by Crippen LogP contribution is 2.35. The lowest BCUT2D eigenvalue weighted by atomic mass is 10.3. The van der Waals surface area contributed by atoms with Gasteiger partial charge in [-0.25, -0.2) is 0 Å². The minimum atomic E-state index is -0.414. The third kappa shape index (κ3) is 1.60. The zero-order chi connectivity index (χ0) is 9.26. The minimum Gasteiger partial charge on any atom is -0.491 e. The molecule has 13 heavy (non-hydrogen) atoms. The molecular formula is C8H7NO3S. The van der Waals surface area contributed by atoms with Crippen molar-refractivity contribution in [2.24, 2.45) is 0 Å². The highest BCUT2D eigenvalue weighted by Gasteiger charge is 2.15. The highest BCUT2D eigenvalue weighted by atomic mass is 32.2. The van der Waals surface area contributed by atoms with Gasteiger partial charge in [-0.3, -0.25) is 10.1 Å². The number of ether oxygens (including phenoxy) is 1. The van der Waals surface area contributed by atoms with Crippen molar-refractivity contribution in [3.63, 3.8) is 0 Å². The Morgan fingerprint density at radius 2 is 2.38 bits per heavy atom. The molecule has 0 spiro atoms. The standard InChI is InChI=1S/C8H7NO3S/c10-9(11)6-1-2-8-7(5-6)12-3-4-13-8/h1-2,5H,3-4H2. The molecule has 0 bridgehead atoms. The fourth-order valence-electron chi connectivity index (χ4n) is 1.15. The molecule has 0 radical (unpaired) electrons. The van der Waals surface area contributed by atoms with Gasteiger partial charge >= 0.3 is 0 Å². The monoisotopic (exact) mass is 197 g/mol. The molecule has 4 nitrogen and oxygen atoms in total. The zero-order valence-corrected chi connectivity index (χ0v) is 7.54. The number of nitro benzene ring substituents is 1. The van der Waals surface area contributed by atoms with Crippen LogP contribution in [0.25, 0.3) is 0 Å². The third-order valence-electron chi connectivity index (χ3n) is 1.74. The van der Waals surface area contributed by atoms with Crippen LogP contribution >= 0.6 is 11.8 Å². The Morgan fingerprint density at radius 3 is 3.15 bits per heavy atom. The zero-order valence-electron chi connectivity index (χ0n) is 6.73.